The zero-order valence-corrected chi connectivity index (χ0v) is 12.0. The summed E-state index contributed by atoms with van der Waals surface area (Å²) >= 11 is 5.88. The van der Waals surface area contributed by atoms with Crippen molar-refractivity contribution in [2.24, 2.45) is 5.92 Å². The van der Waals surface area contributed by atoms with Crippen LogP contribution in [-0.2, 0) is 4.74 Å². The number of carbonyl (C=O) groups excluding carboxylic acids is 1. The van der Waals surface area contributed by atoms with Crippen LogP contribution in [0, 0.1) is 5.92 Å². The molecule has 0 spiro atoms. The Kier molecular flexibility index (Phi) is 6.59. The van der Waals surface area contributed by atoms with Gasteiger partial charge >= 0.3 is 0 Å². The lowest BCUT2D eigenvalue weighted by Gasteiger charge is -2.08. The molecule has 0 radical (unpaired) electrons. The molecule has 5 nitrogen and oxygen atoms in total. The standard InChI is InChI=1S/C13H20ClN3O2/c1-9(2)8-19-5-3-4-16-13(18)10-6-12(15)17-7-11(10)14/h6-7,9H,3-5,8H2,1-2H3,(H2,15,17)(H,16,18). The van der Waals surface area contributed by atoms with Gasteiger partial charge in [0, 0.05) is 26.0 Å². The number of nitrogens with one attached hydrogen (secondary N) is 1. The van der Waals surface area contributed by atoms with Gasteiger partial charge in [-0.3, -0.25) is 4.79 Å². The lowest BCUT2D eigenvalue weighted by atomic mass is 10.2. The number of nitrogens with two attached hydrogens (primary N) is 1. The van der Waals surface area contributed by atoms with Crippen LogP contribution in [0.25, 0.3) is 0 Å². The second kappa shape index (κ2) is 7.96. The van der Waals surface area contributed by atoms with Gasteiger partial charge in [0.15, 0.2) is 0 Å². The number of rotatable bonds is 7. The van der Waals surface area contributed by atoms with Crippen LogP contribution in [0.4, 0.5) is 5.82 Å². The average molecular weight is 286 g/mol. The molecule has 106 valence electrons. The maximum atomic E-state index is 11.8. The fraction of sp³-hybridized carbons (Fsp3) is 0.538. The third kappa shape index (κ3) is 5.89. The molecule has 0 aromatic carbocycles. The van der Waals surface area contributed by atoms with Crippen molar-refractivity contribution in [1.82, 2.24) is 10.3 Å². The number of carbonyl (C=O) groups is 1. The predicted octanol–water partition coefficient (Wildman–Crippen LogP) is 2.11. The van der Waals surface area contributed by atoms with Crippen LogP contribution in [0.1, 0.15) is 30.6 Å². The molecule has 19 heavy (non-hydrogen) atoms. The normalized spacial score (nSPS) is 10.7. The predicted molar refractivity (Wildman–Crippen MR) is 76.3 cm³/mol. The number of nitrogens with zero attached hydrogens (tertiary/aromatic N) is 1. The zero-order valence-electron chi connectivity index (χ0n) is 11.3. The first-order valence-corrected chi connectivity index (χ1v) is 6.65. The summed E-state index contributed by atoms with van der Waals surface area (Å²) in [6.07, 6.45) is 2.13. The number of halogens is 1. The van der Waals surface area contributed by atoms with E-state index in [2.05, 4.69) is 24.1 Å². The van der Waals surface area contributed by atoms with E-state index in [1.165, 1.54) is 12.3 Å². The third-order valence-electron chi connectivity index (χ3n) is 2.32. The molecule has 1 rings (SSSR count). The second-order valence-corrected chi connectivity index (χ2v) is 5.07. The fourth-order valence-corrected chi connectivity index (χ4v) is 1.61. The van der Waals surface area contributed by atoms with Gasteiger partial charge in [-0.2, -0.15) is 0 Å². The van der Waals surface area contributed by atoms with Crippen molar-refractivity contribution in [3.63, 3.8) is 0 Å². The quantitative estimate of drug-likeness (QED) is 0.752. The number of pyridine rings is 1. The Labute approximate surface area is 118 Å². The highest BCUT2D eigenvalue weighted by Crippen LogP contribution is 2.16. The minimum Gasteiger partial charge on any atom is -0.384 e. The van der Waals surface area contributed by atoms with E-state index in [1.54, 1.807) is 0 Å². The van der Waals surface area contributed by atoms with E-state index < -0.39 is 0 Å². The number of anilines is 1. The number of nitrogen functional groups attached to an aromatic ring is 1. The van der Waals surface area contributed by atoms with Crippen molar-refractivity contribution in [2.45, 2.75) is 20.3 Å². The molecule has 1 aromatic heterocycles. The minimum atomic E-state index is -0.247. The summed E-state index contributed by atoms with van der Waals surface area (Å²) in [4.78, 5) is 15.6. The van der Waals surface area contributed by atoms with E-state index in [0.717, 1.165) is 13.0 Å². The van der Waals surface area contributed by atoms with Crippen molar-refractivity contribution < 1.29 is 9.53 Å². The Bertz CT molecular complexity index is 424. The van der Waals surface area contributed by atoms with Gasteiger partial charge in [0.05, 0.1) is 10.6 Å². The molecule has 0 atom stereocenters. The molecule has 6 heteroatoms. The molecule has 0 aliphatic heterocycles. The van der Waals surface area contributed by atoms with E-state index in [4.69, 9.17) is 22.1 Å². The summed E-state index contributed by atoms with van der Waals surface area (Å²) in [7, 11) is 0. The van der Waals surface area contributed by atoms with Gasteiger partial charge < -0.3 is 15.8 Å². The highest BCUT2D eigenvalue weighted by atomic mass is 35.5. The molecule has 0 aliphatic carbocycles. The first kappa shape index (κ1) is 15.7. The van der Waals surface area contributed by atoms with Crippen LogP contribution in [0.3, 0.4) is 0 Å². The highest BCUT2D eigenvalue weighted by molar-refractivity contribution is 6.33. The zero-order chi connectivity index (χ0) is 14.3. The maximum absolute atomic E-state index is 11.8. The molecule has 3 N–H and O–H groups in total. The van der Waals surface area contributed by atoms with Gasteiger partial charge in [-0.15, -0.1) is 0 Å². The van der Waals surface area contributed by atoms with Gasteiger partial charge in [-0.1, -0.05) is 25.4 Å². The number of amides is 1. The molecule has 0 fully saturated rings. The Morgan fingerprint density at radius 1 is 1.58 bits per heavy atom. The van der Waals surface area contributed by atoms with Crippen LogP contribution < -0.4 is 11.1 Å². The van der Waals surface area contributed by atoms with E-state index >= 15 is 0 Å². The third-order valence-corrected chi connectivity index (χ3v) is 2.62. The van der Waals surface area contributed by atoms with Gasteiger partial charge in [-0.25, -0.2) is 4.98 Å². The minimum absolute atomic E-state index is 0.247. The molecule has 0 aliphatic rings. The summed E-state index contributed by atoms with van der Waals surface area (Å²) in [6.45, 7) is 6.09. The summed E-state index contributed by atoms with van der Waals surface area (Å²) < 4.78 is 5.42. The van der Waals surface area contributed by atoms with Crippen LogP contribution in [-0.4, -0.2) is 30.6 Å². The molecule has 0 unspecified atom stereocenters. The van der Waals surface area contributed by atoms with Crippen LogP contribution in [0.5, 0.6) is 0 Å². The summed E-state index contributed by atoms with van der Waals surface area (Å²) in [6, 6.07) is 1.47. The van der Waals surface area contributed by atoms with Crippen LogP contribution >= 0.6 is 11.6 Å². The van der Waals surface area contributed by atoms with Gasteiger partial charge in [-0.05, 0) is 18.4 Å². The highest BCUT2D eigenvalue weighted by Gasteiger charge is 2.10. The first-order chi connectivity index (χ1) is 9.00. The largest absolute Gasteiger partial charge is 0.384 e. The van der Waals surface area contributed by atoms with E-state index in [1.807, 2.05) is 0 Å². The molecular formula is C13H20ClN3O2. The Hall–Kier alpha value is -1.33. The lowest BCUT2D eigenvalue weighted by Crippen LogP contribution is -2.26. The molecule has 1 heterocycles. The van der Waals surface area contributed by atoms with Crippen molar-refractivity contribution in [3.05, 3.63) is 22.8 Å². The average Bonchev–Trinajstić information content (AvgIpc) is 2.36. The summed E-state index contributed by atoms with van der Waals surface area (Å²) in [5, 5.41) is 3.06. The topological polar surface area (TPSA) is 77.2 Å². The SMILES string of the molecule is CC(C)COCCCNC(=O)c1cc(N)ncc1Cl. The van der Waals surface area contributed by atoms with E-state index in [9.17, 15) is 4.79 Å². The molecule has 0 saturated heterocycles. The van der Waals surface area contributed by atoms with Crippen molar-refractivity contribution in [2.75, 3.05) is 25.5 Å². The maximum Gasteiger partial charge on any atom is 0.252 e. The van der Waals surface area contributed by atoms with Crippen molar-refractivity contribution in [3.8, 4) is 0 Å². The fourth-order valence-electron chi connectivity index (χ4n) is 1.42. The van der Waals surface area contributed by atoms with Gasteiger partial charge in [0.1, 0.15) is 5.82 Å². The lowest BCUT2D eigenvalue weighted by molar-refractivity contribution is 0.0925. The number of hydrogen-bond donors (Lipinski definition) is 2. The van der Waals surface area contributed by atoms with Crippen molar-refractivity contribution in [1.29, 1.82) is 0 Å². The molecular weight excluding hydrogens is 266 g/mol. The van der Waals surface area contributed by atoms with Gasteiger partial charge in [0.25, 0.3) is 5.91 Å². The number of ether oxygens (including phenoxy) is 1. The monoisotopic (exact) mass is 285 g/mol. The first-order valence-electron chi connectivity index (χ1n) is 6.27. The van der Waals surface area contributed by atoms with Crippen molar-refractivity contribution >= 4 is 23.3 Å². The Morgan fingerprint density at radius 2 is 2.32 bits per heavy atom. The van der Waals surface area contributed by atoms with Crippen LogP contribution in [0.2, 0.25) is 5.02 Å². The summed E-state index contributed by atoms with van der Waals surface area (Å²) in [5.41, 5.74) is 5.86. The van der Waals surface area contributed by atoms with Crippen LogP contribution in [0.15, 0.2) is 12.3 Å². The number of aromatic nitrogens is 1. The van der Waals surface area contributed by atoms with Gasteiger partial charge in [0.2, 0.25) is 0 Å². The Balaban J connectivity index is 2.29. The second-order valence-electron chi connectivity index (χ2n) is 4.67. The smallest absolute Gasteiger partial charge is 0.252 e. The summed E-state index contributed by atoms with van der Waals surface area (Å²) in [5.74, 6) is 0.547. The number of hydrogen-bond acceptors (Lipinski definition) is 4. The Morgan fingerprint density at radius 3 is 3.00 bits per heavy atom. The van der Waals surface area contributed by atoms with E-state index in [0.29, 0.717) is 29.7 Å². The molecule has 0 bridgehead atoms. The molecule has 0 saturated carbocycles. The molecule has 1 amide bonds. The van der Waals surface area contributed by atoms with E-state index in [-0.39, 0.29) is 11.7 Å². The molecule has 1 aromatic rings.